The highest BCUT2D eigenvalue weighted by molar-refractivity contribution is 6.30. The number of hydrogen-bond donors (Lipinski definition) is 2. The predicted molar refractivity (Wildman–Crippen MR) is 79.3 cm³/mol. The van der Waals surface area contributed by atoms with Gasteiger partial charge in [0.1, 0.15) is 0 Å². The molecule has 4 nitrogen and oxygen atoms in total. The molecular weight excluding hydrogens is 262 g/mol. The Balaban J connectivity index is 1.94. The van der Waals surface area contributed by atoms with E-state index in [1.54, 1.807) is 0 Å². The molecule has 1 saturated heterocycles. The van der Waals surface area contributed by atoms with Crippen molar-refractivity contribution in [1.29, 1.82) is 0 Å². The van der Waals surface area contributed by atoms with Crippen LogP contribution in [0.2, 0.25) is 5.02 Å². The van der Waals surface area contributed by atoms with Gasteiger partial charge in [-0.3, -0.25) is 9.80 Å². The molecule has 1 aliphatic rings. The Morgan fingerprint density at radius 3 is 2.68 bits per heavy atom. The summed E-state index contributed by atoms with van der Waals surface area (Å²) in [4.78, 5) is 4.71. The molecule has 0 radical (unpaired) electrons. The van der Waals surface area contributed by atoms with Gasteiger partial charge in [0.25, 0.3) is 0 Å². The minimum absolute atomic E-state index is 0.237. The molecular formula is C14H22ClN3O. The molecule has 1 aromatic carbocycles. The molecule has 0 unspecified atom stereocenters. The van der Waals surface area contributed by atoms with Crippen LogP contribution in [0.3, 0.4) is 0 Å². The lowest BCUT2D eigenvalue weighted by Crippen LogP contribution is -2.32. The van der Waals surface area contributed by atoms with Crippen LogP contribution < -0.4 is 5.73 Å². The Hall–Kier alpha value is -0.810. The minimum atomic E-state index is 0.237. The molecule has 0 spiro atoms. The van der Waals surface area contributed by atoms with E-state index in [0.29, 0.717) is 0 Å². The maximum Gasteiger partial charge on any atom is 0.0558 e. The number of rotatable bonds is 4. The van der Waals surface area contributed by atoms with Crippen molar-refractivity contribution in [2.24, 2.45) is 0 Å². The Bertz CT molecular complexity index is 414. The molecule has 0 amide bonds. The number of nitrogen functional groups attached to an aromatic ring is 1. The summed E-state index contributed by atoms with van der Waals surface area (Å²) in [5.41, 5.74) is 7.90. The molecule has 5 heteroatoms. The number of halogens is 1. The Morgan fingerprint density at radius 1 is 1.16 bits per heavy atom. The van der Waals surface area contributed by atoms with Crippen LogP contribution in [-0.2, 0) is 6.54 Å². The van der Waals surface area contributed by atoms with Crippen molar-refractivity contribution in [2.75, 3.05) is 45.1 Å². The fourth-order valence-electron chi connectivity index (χ4n) is 2.50. The highest BCUT2D eigenvalue weighted by Crippen LogP contribution is 2.20. The number of nitrogens with zero attached hydrogens (tertiary/aromatic N) is 2. The molecule has 0 bridgehead atoms. The number of anilines is 1. The number of aliphatic hydroxyl groups is 1. The van der Waals surface area contributed by atoms with Crippen molar-refractivity contribution in [3.05, 3.63) is 28.8 Å². The first-order valence-corrected chi connectivity index (χ1v) is 7.16. The summed E-state index contributed by atoms with van der Waals surface area (Å²) in [6.45, 7) is 5.98. The Morgan fingerprint density at radius 2 is 1.89 bits per heavy atom. The summed E-state index contributed by atoms with van der Waals surface area (Å²) in [6, 6.07) is 5.65. The van der Waals surface area contributed by atoms with Gasteiger partial charge in [-0.25, -0.2) is 0 Å². The third kappa shape index (κ3) is 4.35. The first-order valence-electron chi connectivity index (χ1n) is 6.78. The van der Waals surface area contributed by atoms with Crippen molar-refractivity contribution in [3.8, 4) is 0 Å². The van der Waals surface area contributed by atoms with E-state index in [4.69, 9.17) is 22.4 Å². The molecule has 1 fully saturated rings. The number of hydrogen-bond acceptors (Lipinski definition) is 4. The van der Waals surface area contributed by atoms with Crippen molar-refractivity contribution >= 4 is 17.3 Å². The summed E-state index contributed by atoms with van der Waals surface area (Å²) in [7, 11) is 0. The molecule has 19 heavy (non-hydrogen) atoms. The summed E-state index contributed by atoms with van der Waals surface area (Å²) in [5, 5.41) is 9.73. The van der Waals surface area contributed by atoms with E-state index in [9.17, 15) is 0 Å². The smallest absolute Gasteiger partial charge is 0.0558 e. The predicted octanol–water partition coefficient (Wildman–Crippen LogP) is 1.42. The van der Waals surface area contributed by atoms with E-state index in [1.807, 2.05) is 18.2 Å². The topological polar surface area (TPSA) is 52.7 Å². The normalized spacial score (nSPS) is 18.4. The van der Waals surface area contributed by atoms with Crippen LogP contribution in [0.1, 0.15) is 12.0 Å². The van der Waals surface area contributed by atoms with Crippen LogP contribution in [0.5, 0.6) is 0 Å². The van der Waals surface area contributed by atoms with Crippen LogP contribution in [0, 0.1) is 0 Å². The molecule has 0 aliphatic carbocycles. The van der Waals surface area contributed by atoms with Crippen molar-refractivity contribution < 1.29 is 5.11 Å². The lowest BCUT2D eigenvalue weighted by atomic mass is 10.1. The van der Waals surface area contributed by atoms with Gasteiger partial charge in [-0.05, 0) is 43.3 Å². The van der Waals surface area contributed by atoms with E-state index in [-0.39, 0.29) is 6.61 Å². The fraction of sp³-hybridized carbons (Fsp3) is 0.571. The monoisotopic (exact) mass is 283 g/mol. The van der Waals surface area contributed by atoms with E-state index < -0.39 is 0 Å². The van der Waals surface area contributed by atoms with Crippen LogP contribution in [0.4, 0.5) is 5.69 Å². The SMILES string of the molecule is Nc1ccc(Cl)cc1CN1CCCN(CCO)CC1. The average Bonchev–Trinajstić information content (AvgIpc) is 2.60. The molecule has 0 aromatic heterocycles. The summed E-state index contributed by atoms with van der Waals surface area (Å²) in [5.74, 6) is 0. The highest BCUT2D eigenvalue weighted by atomic mass is 35.5. The quantitative estimate of drug-likeness (QED) is 0.821. The van der Waals surface area contributed by atoms with Crippen molar-refractivity contribution in [1.82, 2.24) is 9.80 Å². The molecule has 0 atom stereocenters. The molecule has 106 valence electrons. The standard InChI is InChI=1S/C14H22ClN3O/c15-13-2-3-14(16)12(10-13)11-18-5-1-4-17(6-7-18)8-9-19/h2-3,10,19H,1,4-9,11,16H2. The van der Waals surface area contributed by atoms with Gasteiger partial charge in [0.15, 0.2) is 0 Å². The Kier molecular flexibility index (Phi) is 5.45. The van der Waals surface area contributed by atoms with Gasteiger partial charge >= 0.3 is 0 Å². The second-order valence-corrected chi connectivity index (χ2v) is 5.47. The number of nitrogens with two attached hydrogens (primary N) is 1. The molecule has 0 saturated carbocycles. The van der Waals surface area contributed by atoms with Crippen LogP contribution in [-0.4, -0.2) is 54.2 Å². The number of benzene rings is 1. The molecule has 1 heterocycles. The summed E-state index contributed by atoms with van der Waals surface area (Å²) < 4.78 is 0. The number of β-amino-alcohol motifs (C(OH)–C–C–N with tert-alkyl or cyclic N) is 1. The van der Waals surface area contributed by atoms with Crippen LogP contribution in [0.15, 0.2) is 18.2 Å². The van der Waals surface area contributed by atoms with Gasteiger partial charge in [-0.2, -0.15) is 0 Å². The summed E-state index contributed by atoms with van der Waals surface area (Å²) >= 11 is 6.02. The molecule has 1 aliphatic heterocycles. The zero-order valence-corrected chi connectivity index (χ0v) is 11.9. The van der Waals surface area contributed by atoms with Gasteiger partial charge in [0, 0.05) is 36.9 Å². The second kappa shape index (κ2) is 7.10. The highest BCUT2D eigenvalue weighted by Gasteiger charge is 2.15. The van der Waals surface area contributed by atoms with Gasteiger partial charge in [0.05, 0.1) is 6.61 Å². The molecule has 1 aromatic rings. The van der Waals surface area contributed by atoms with E-state index in [1.165, 1.54) is 0 Å². The third-order valence-electron chi connectivity index (χ3n) is 3.60. The van der Waals surface area contributed by atoms with Crippen molar-refractivity contribution in [2.45, 2.75) is 13.0 Å². The minimum Gasteiger partial charge on any atom is -0.398 e. The third-order valence-corrected chi connectivity index (χ3v) is 3.83. The van der Waals surface area contributed by atoms with Crippen molar-refractivity contribution in [3.63, 3.8) is 0 Å². The maximum atomic E-state index is 8.99. The van der Waals surface area contributed by atoms with E-state index in [2.05, 4.69) is 9.80 Å². The lowest BCUT2D eigenvalue weighted by Gasteiger charge is -2.22. The van der Waals surface area contributed by atoms with Gasteiger partial charge in [-0.1, -0.05) is 11.6 Å². The Labute approximate surface area is 119 Å². The zero-order valence-electron chi connectivity index (χ0n) is 11.2. The van der Waals surface area contributed by atoms with E-state index >= 15 is 0 Å². The first kappa shape index (κ1) is 14.6. The zero-order chi connectivity index (χ0) is 13.7. The van der Waals surface area contributed by atoms with E-state index in [0.717, 1.165) is 62.0 Å². The molecule has 3 N–H and O–H groups in total. The van der Waals surface area contributed by atoms with Crippen LogP contribution in [0.25, 0.3) is 0 Å². The van der Waals surface area contributed by atoms with Gasteiger partial charge < -0.3 is 10.8 Å². The second-order valence-electron chi connectivity index (χ2n) is 5.04. The first-order chi connectivity index (χ1) is 9.19. The number of aliphatic hydroxyl groups excluding tert-OH is 1. The maximum absolute atomic E-state index is 8.99. The average molecular weight is 284 g/mol. The van der Waals surface area contributed by atoms with Gasteiger partial charge in [-0.15, -0.1) is 0 Å². The fourth-order valence-corrected chi connectivity index (χ4v) is 2.69. The largest absolute Gasteiger partial charge is 0.398 e. The lowest BCUT2D eigenvalue weighted by molar-refractivity contribution is 0.196. The molecule has 2 rings (SSSR count). The van der Waals surface area contributed by atoms with Gasteiger partial charge in [0.2, 0.25) is 0 Å². The van der Waals surface area contributed by atoms with Crippen LogP contribution >= 0.6 is 11.6 Å². The summed E-state index contributed by atoms with van der Waals surface area (Å²) in [6.07, 6.45) is 1.13.